The quantitative estimate of drug-likeness (QED) is 0.827. The standard InChI is InChI=1S/C8H9BrN2O2S/c1-14(12,13)11-8-4-2-3-7(9)6(8)5-10/h2-5,10-11H,1H3. The maximum Gasteiger partial charge on any atom is 0.229 e. The monoisotopic (exact) mass is 276 g/mol. The van der Waals surface area contributed by atoms with Crippen LogP contribution in [0.3, 0.4) is 0 Å². The van der Waals surface area contributed by atoms with Gasteiger partial charge in [0, 0.05) is 16.3 Å². The Morgan fingerprint density at radius 1 is 1.50 bits per heavy atom. The molecule has 0 spiro atoms. The molecular formula is C8H9BrN2O2S. The number of nitrogens with one attached hydrogen (secondary N) is 2. The van der Waals surface area contributed by atoms with Crippen LogP contribution in [0.2, 0.25) is 0 Å². The second kappa shape index (κ2) is 4.10. The SMILES string of the molecule is CS(=O)(=O)Nc1cccc(Br)c1C=N. The first-order valence-corrected chi connectivity index (χ1v) is 6.39. The lowest BCUT2D eigenvalue weighted by atomic mass is 10.2. The predicted molar refractivity (Wildman–Crippen MR) is 60.5 cm³/mol. The van der Waals surface area contributed by atoms with Crippen molar-refractivity contribution in [2.75, 3.05) is 11.0 Å². The first-order valence-electron chi connectivity index (χ1n) is 3.71. The predicted octanol–water partition coefficient (Wildman–Crippen LogP) is 1.82. The zero-order valence-electron chi connectivity index (χ0n) is 7.41. The van der Waals surface area contributed by atoms with Gasteiger partial charge >= 0.3 is 0 Å². The van der Waals surface area contributed by atoms with Gasteiger partial charge in [0.2, 0.25) is 10.0 Å². The Bertz CT molecular complexity index is 456. The first-order chi connectivity index (χ1) is 6.44. The van der Waals surface area contributed by atoms with Crippen LogP contribution in [0.1, 0.15) is 5.56 Å². The Hall–Kier alpha value is -0.880. The second-order valence-corrected chi connectivity index (χ2v) is 5.32. The molecule has 0 radical (unpaired) electrons. The molecule has 0 amide bonds. The molecule has 0 saturated carbocycles. The van der Waals surface area contributed by atoms with E-state index >= 15 is 0 Å². The number of rotatable bonds is 3. The second-order valence-electron chi connectivity index (χ2n) is 2.72. The number of anilines is 1. The summed E-state index contributed by atoms with van der Waals surface area (Å²) in [7, 11) is -3.30. The molecule has 0 saturated heterocycles. The summed E-state index contributed by atoms with van der Waals surface area (Å²) in [6.07, 6.45) is 2.17. The molecule has 1 rings (SSSR count). The molecular weight excluding hydrogens is 268 g/mol. The molecule has 4 nitrogen and oxygen atoms in total. The smallest absolute Gasteiger partial charge is 0.229 e. The summed E-state index contributed by atoms with van der Waals surface area (Å²) in [4.78, 5) is 0. The summed E-state index contributed by atoms with van der Waals surface area (Å²) >= 11 is 3.23. The largest absolute Gasteiger partial charge is 0.308 e. The summed E-state index contributed by atoms with van der Waals surface area (Å²) in [6, 6.07) is 5.05. The van der Waals surface area contributed by atoms with Gasteiger partial charge in [-0.25, -0.2) is 8.42 Å². The molecule has 1 aromatic carbocycles. The van der Waals surface area contributed by atoms with E-state index in [4.69, 9.17) is 5.41 Å². The van der Waals surface area contributed by atoms with E-state index in [0.717, 1.165) is 12.5 Å². The Labute approximate surface area is 91.0 Å². The summed E-state index contributed by atoms with van der Waals surface area (Å²) in [5.41, 5.74) is 0.912. The molecule has 0 fully saturated rings. The summed E-state index contributed by atoms with van der Waals surface area (Å²) < 4.78 is 25.0. The first kappa shape index (κ1) is 11.2. The lowest BCUT2D eigenvalue weighted by Gasteiger charge is -2.08. The maximum atomic E-state index is 11.0. The van der Waals surface area contributed by atoms with Crippen LogP contribution in [0.25, 0.3) is 0 Å². The van der Waals surface area contributed by atoms with Crippen LogP contribution in [-0.4, -0.2) is 20.9 Å². The zero-order chi connectivity index (χ0) is 10.8. The number of hydrogen-bond acceptors (Lipinski definition) is 3. The fourth-order valence-electron chi connectivity index (χ4n) is 0.972. The topological polar surface area (TPSA) is 70.0 Å². The maximum absolute atomic E-state index is 11.0. The van der Waals surface area contributed by atoms with E-state index in [0.29, 0.717) is 15.7 Å². The van der Waals surface area contributed by atoms with Crippen LogP contribution in [0.15, 0.2) is 22.7 Å². The molecule has 0 aliphatic heterocycles. The highest BCUT2D eigenvalue weighted by Crippen LogP contribution is 2.23. The van der Waals surface area contributed by atoms with E-state index in [9.17, 15) is 8.42 Å². The van der Waals surface area contributed by atoms with Crippen LogP contribution >= 0.6 is 15.9 Å². The molecule has 6 heteroatoms. The molecule has 0 aromatic heterocycles. The van der Waals surface area contributed by atoms with Crippen molar-refractivity contribution < 1.29 is 8.42 Å². The number of hydrogen-bond donors (Lipinski definition) is 2. The molecule has 0 atom stereocenters. The number of halogens is 1. The molecule has 2 N–H and O–H groups in total. The van der Waals surface area contributed by atoms with Crippen molar-refractivity contribution in [2.45, 2.75) is 0 Å². The van der Waals surface area contributed by atoms with E-state index in [1.807, 2.05) is 0 Å². The van der Waals surface area contributed by atoms with Crippen molar-refractivity contribution >= 4 is 37.9 Å². The highest BCUT2D eigenvalue weighted by Gasteiger charge is 2.07. The third-order valence-electron chi connectivity index (χ3n) is 1.49. The summed E-state index contributed by atoms with van der Waals surface area (Å²) in [5.74, 6) is 0. The number of sulfonamides is 1. The van der Waals surface area contributed by atoms with E-state index in [-0.39, 0.29) is 0 Å². The van der Waals surface area contributed by atoms with Crippen molar-refractivity contribution in [2.24, 2.45) is 0 Å². The van der Waals surface area contributed by atoms with Gasteiger partial charge in [-0.1, -0.05) is 22.0 Å². The fourth-order valence-corrected chi connectivity index (χ4v) is 2.03. The average Bonchev–Trinajstić information content (AvgIpc) is 2.01. The molecule has 1 aromatic rings. The van der Waals surface area contributed by atoms with Crippen LogP contribution in [-0.2, 0) is 10.0 Å². The zero-order valence-corrected chi connectivity index (χ0v) is 9.81. The van der Waals surface area contributed by atoms with Gasteiger partial charge in [-0.15, -0.1) is 0 Å². The highest BCUT2D eigenvalue weighted by atomic mass is 79.9. The van der Waals surface area contributed by atoms with Crippen LogP contribution in [0.4, 0.5) is 5.69 Å². The highest BCUT2D eigenvalue weighted by molar-refractivity contribution is 9.10. The van der Waals surface area contributed by atoms with Gasteiger partial charge in [-0.2, -0.15) is 0 Å². The molecule has 14 heavy (non-hydrogen) atoms. The molecule has 0 bridgehead atoms. The van der Waals surface area contributed by atoms with Crippen molar-refractivity contribution in [3.63, 3.8) is 0 Å². The normalized spacial score (nSPS) is 11.0. The van der Waals surface area contributed by atoms with E-state index < -0.39 is 10.0 Å². The molecule has 0 aliphatic carbocycles. The third-order valence-corrected chi connectivity index (χ3v) is 2.77. The minimum atomic E-state index is -3.30. The summed E-state index contributed by atoms with van der Waals surface area (Å²) in [5, 5.41) is 7.14. The van der Waals surface area contributed by atoms with Gasteiger partial charge in [-0.3, -0.25) is 4.72 Å². The van der Waals surface area contributed by atoms with Gasteiger partial charge in [-0.05, 0) is 12.1 Å². The molecule has 0 unspecified atom stereocenters. The minimum absolute atomic E-state index is 0.400. The average molecular weight is 277 g/mol. The van der Waals surface area contributed by atoms with E-state index in [2.05, 4.69) is 20.7 Å². The Kier molecular flexibility index (Phi) is 3.28. The third kappa shape index (κ3) is 2.81. The Morgan fingerprint density at radius 2 is 2.14 bits per heavy atom. The lowest BCUT2D eigenvalue weighted by molar-refractivity contribution is 0.607. The van der Waals surface area contributed by atoms with Gasteiger partial charge in [0.1, 0.15) is 0 Å². The van der Waals surface area contributed by atoms with Crippen molar-refractivity contribution in [1.29, 1.82) is 5.41 Å². The van der Waals surface area contributed by atoms with Gasteiger partial charge in [0.15, 0.2) is 0 Å². The molecule has 0 aliphatic rings. The van der Waals surface area contributed by atoms with Crippen LogP contribution in [0, 0.1) is 5.41 Å². The minimum Gasteiger partial charge on any atom is -0.308 e. The van der Waals surface area contributed by atoms with E-state index in [1.54, 1.807) is 18.2 Å². The summed E-state index contributed by atoms with van der Waals surface area (Å²) in [6.45, 7) is 0. The number of benzene rings is 1. The van der Waals surface area contributed by atoms with Crippen molar-refractivity contribution in [3.8, 4) is 0 Å². The van der Waals surface area contributed by atoms with Crippen LogP contribution in [0.5, 0.6) is 0 Å². The fraction of sp³-hybridized carbons (Fsp3) is 0.125. The lowest BCUT2D eigenvalue weighted by Crippen LogP contribution is -2.11. The van der Waals surface area contributed by atoms with Crippen LogP contribution < -0.4 is 4.72 Å². The van der Waals surface area contributed by atoms with Crippen molar-refractivity contribution in [3.05, 3.63) is 28.2 Å². The molecule has 0 heterocycles. The van der Waals surface area contributed by atoms with Gasteiger partial charge in [0.25, 0.3) is 0 Å². The van der Waals surface area contributed by atoms with Gasteiger partial charge < -0.3 is 5.41 Å². The Morgan fingerprint density at radius 3 is 2.64 bits per heavy atom. The Balaban J connectivity index is 3.21. The van der Waals surface area contributed by atoms with E-state index in [1.165, 1.54) is 0 Å². The molecule has 76 valence electrons. The van der Waals surface area contributed by atoms with Crippen molar-refractivity contribution in [1.82, 2.24) is 0 Å². The van der Waals surface area contributed by atoms with Gasteiger partial charge in [0.05, 0.1) is 11.9 Å².